The van der Waals surface area contributed by atoms with Crippen molar-refractivity contribution in [1.82, 2.24) is 0 Å². The average molecular weight is 420 g/mol. The molecule has 0 radical (unpaired) electrons. The summed E-state index contributed by atoms with van der Waals surface area (Å²) in [6, 6.07) is 8.76. The minimum atomic E-state index is -0.727. The van der Waals surface area contributed by atoms with E-state index in [1.165, 1.54) is 0 Å². The third-order valence-corrected chi connectivity index (χ3v) is 5.70. The SMILES string of the molecule is Cc1oc2c(CC(C)C)c(O)c(O)c(O)c2c(=O)c1-c1ccc2c(C)c(O)ccc2c1. The summed E-state index contributed by atoms with van der Waals surface area (Å²) in [4.78, 5) is 13.5. The van der Waals surface area contributed by atoms with Gasteiger partial charge in [-0.2, -0.15) is 0 Å². The standard InChI is InChI=1S/C25H24O6/c1-11(2)9-17-21(27)24(30)23(29)20-22(28)19(13(4)31-25(17)20)15-5-7-16-12(3)18(26)8-6-14(16)10-15/h5-8,10-11,26-27,29-30H,9H2,1-4H3. The molecule has 4 rings (SSSR count). The monoisotopic (exact) mass is 420 g/mol. The molecule has 1 aromatic heterocycles. The summed E-state index contributed by atoms with van der Waals surface area (Å²) < 4.78 is 5.96. The molecule has 0 saturated carbocycles. The van der Waals surface area contributed by atoms with Crippen LogP contribution < -0.4 is 5.43 Å². The summed E-state index contributed by atoms with van der Waals surface area (Å²) >= 11 is 0. The van der Waals surface area contributed by atoms with Crippen LogP contribution in [0.5, 0.6) is 23.0 Å². The summed E-state index contributed by atoms with van der Waals surface area (Å²) in [6.45, 7) is 7.34. The van der Waals surface area contributed by atoms with Crippen molar-refractivity contribution in [3.63, 3.8) is 0 Å². The van der Waals surface area contributed by atoms with Crippen LogP contribution in [-0.2, 0) is 6.42 Å². The molecule has 3 aromatic carbocycles. The van der Waals surface area contributed by atoms with Crippen molar-refractivity contribution in [2.75, 3.05) is 0 Å². The Bertz CT molecular complexity index is 1410. The fraction of sp³-hybridized carbons (Fsp3) is 0.240. The molecule has 0 bridgehead atoms. The van der Waals surface area contributed by atoms with Gasteiger partial charge in [0.25, 0.3) is 0 Å². The van der Waals surface area contributed by atoms with Crippen molar-refractivity contribution >= 4 is 21.7 Å². The molecule has 6 heteroatoms. The fourth-order valence-electron chi connectivity index (χ4n) is 4.11. The predicted octanol–water partition coefficient (Wildman–Crippen LogP) is 5.25. The quantitative estimate of drug-likeness (QED) is 0.337. The van der Waals surface area contributed by atoms with Gasteiger partial charge in [-0.15, -0.1) is 0 Å². The van der Waals surface area contributed by atoms with Crippen LogP contribution in [-0.4, -0.2) is 20.4 Å². The molecule has 6 nitrogen and oxygen atoms in total. The summed E-state index contributed by atoms with van der Waals surface area (Å²) in [5.74, 6) is -1.26. The van der Waals surface area contributed by atoms with Crippen LogP contribution in [0.4, 0.5) is 0 Å². The van der Waals surface area contributed by atoms with Crippen molar-refractivity contribution in [2.45, 2.75) is 34.1 Å². The molecule has 4 N–H and O–H groups in total. The molecule has 0 aliphatic rings. The second-order valence-electron chi connectivity index (χ2n) is 8.33. The van der Waals surface area contributed by atoms with Crippen LogP contribution in [0, 0.1) is 19.8 Å². The zero-order valence-corrected chi connectivity index (χ0v) is 17.8. The van der Waals surface area contributed by atoms with E-state index in [-0.39, 0.29) is 33.8 Å². The Morgan fingerprint density at radius 1 is 0.935 bits per heavy atom. The molecular weight excluding hydrogens is 396 g/mol. The number of hydrogen-bond donors (Lipinski definition) is 4. The Balaban J connectivity index is 2.06. The lowest BCUT2D eigenvalue weighted by atomic mass is 9.94. The van der Waals surface area contributed by atoms with E-state index >= 15 is 0 Å². The zero-order chi connectivity index (χ0) is 22.6. The Hall–Kier alpha value is -3.67. The molecule has 4 aromatic rings. The smallest absolute Gasteiger partial charge is 0.204 e. The number of phenolic OH excluding ortho intramolecular Hbond substituents is 4. The maximum Gasteiger partial charge on any atom is 0.204 e. The topological polar surface area (TPSA) is 111 Å². The second kappa shape index (κ2) is 7.23. The van der Waals surface area contributed by atoms with Gasteiger partial charge in [0.1, 0.15) is 22.5 Å². The van der Waals surface area contributed by atoms with Crippen LogP contribution >= 0.6 is 0 Å². The Morgan fingerprint density at radius 3 is 2.32 bits per heavy atom. The van der Waals surface area contributed by atoms with E-state index in [2.05, 4.69) is 0 Å². The second-order valence-corrected chi connectivity index (χ2v) is 8.33. The van der Waals surface area contributed by atoms with Crippen molar-refractivity contribution in [3.05, 3.63) is 57.4 Å². The normalized spacial score (nSPS) is 11.6. The summed E-state index contributed by atoms with van der Waals surface area (Å²) in [6.07, 6.45) is 0.358. The van der Waals surface area contributed by atoms with E-state index in [1.54, 1.807) is 25.1 Å². The molecule has 0 saturated heterocycles. The van der Waals surface area contributed by atoms with E-state index < -0.39 is 22.7 Å². The number of aryl methyl sites for hydroxylation is 2. The van der Waals surface area contributed by atoms with Crippen LogP contribution in [0.15, 0.2) is 39.5 Å². The maximum absolute atomic E-state index is 13.5. The highest BCUT2D eigenvalue weighted by Crippen LogP contribution is 2.45. The number of hydrogen-bond acceptors (Lipinski definition) is 6. The van der Waals surface area contributed by atoms with Crippen LogP contribution in [0.1, 0.15) is 30.7 Å². The van der Waals surface area contributed by atoms with Gasteiger partial charge in [0, 0.05) is 5.56 Å². The minimum Gasteiger partial charge on any atom is -0.508 e. The lowest BCUT2D eigenvalue weighted by molar-refractivity contribution is 0.365. The molecular formula is C25H24O6. The van der Waals surface area contributed by atoms with E-state index in [0.29, 0.717) is 17.7 Å². The third-order valence-electron chi connectivity index (χ3n) is 5.70. The number of rotatable bonds is 3. The molecule has 1 heterocycles. The molecule has 0 aliphatic carbocycles. The largest absolute Gasteiger partial charge is 0.508 e. The maximum atomic E-state index is 13.5. The first-order valence-corrected chi connectivity index (χ1v) is 10.1. The van der Waals surface area contributed by atoms with E-state index in [9.17, 15) is 25.2 Å². The first-order valence-electron chi connectivity index (χ1n) is 10.1. The van der Waals surface area contributed by atoms with Gasteiger partial charge in [0.05, 0.1) is 5.56 Å². The first-order chi connectivity index (χ1) is 14.6. The van der Waals surface area contributed by atoms with Crippen molar-refractivity contribution in [3.8, 4) is 34.1 Å². The Kier molecular flexibility index (Phi) is 4.81. The lowest BCUT2D eigenvalue weighted by Gasteiger charge is -2.15. The molecule has 0 aliphatic heterocycles. The Labute approximate surface area is 178 Å². The van der Waals surface area contributed by atoms with Crippen LogP contribution in [0.2, 0.25) is 0 Å². The molecule has 31 heavy (non-hydrogen) atoms. The van der Waals surface area contributed by atoms with Gasteiger partial charge in [-0.1, -0.05) is 32.0 Å². The molecule has 0 amide bonds. The van der Waals surface area contributed by atoms with Crippen LogP contribution in [0.3, 0.4) is 0 Å². The zero-order valence-electron chi connectivity index (χ0n) is 17.8. The Morgan fingerprint density at radius 2 is 1.65 bits per heavy atom. The van der Waals surface area contributed by atoms with Gasteiger partial charge in [0.15, 0.2) is 11.5 Å². The first kappa shape index (κ1) is 20.6. The molecule has 0 spiro atoms. The molecule has 160 valence electrons. The lowest BCUT2D eigenvalue weighted by Crippen LogP contribution is -2.10. The van der Waals surface area contributed by atoms with Gasteiger partial charge in [-0.05, 0) is 60.2 Å². The molecule has 0 atom stereocenters. The summed E-state index contributed by atoms with van der Waals surface area (Å²) in [5.41, 5.74) is 1.46. The van der Waals surface area contributed by atoms with Gasteiger partial charge < -0.3 is 24.8 Å². The number of benzene rings is 3. The van der Waals surface area contributed by atoms with Gasteiger partial charge >= 0.3 is 0 Å². The van der Waals surface area contributed by atoms with Crippen molar-refractivity contribution < 1.29 is 24.8 Å². The fourth-order valence-corrected chi connectivity index (χ4v) is 4.11. The van der Waals surface area contributed by atoms with E-state index in [0.717, 1.165) is 16.3 Å². The van der Waals surface area contributed by atoms with Crippen molar-refractivity contribution in [2.24, 2.45) is 5.92 Å². The highest BCUT2D eigenvalue weighted by Gasteiger charge is 2.26. The number of aromatic hydroxyl groups is 4. The minimum absolute atomic E-state index is 0.0781. The highest BCUT2D eigenvalue weighted by molar-refractivity contribution is 5.96. The summed E-state index contributed by atoms with van der Waals surface area (Å²) in [5, 5.41) is 42.6. The van der Waals surface area contributed by atoms with E-state index in [4.69, 9.17) is 4.42 Å². The van der Waals surface area contributed by atoms with E-state index in [1.807, 2.05) is 32.9 Å². The highest BCUT2D eigenvalue weighted by atomic mass is 16.3. The van der Waals surface area contributed by atoms with Gasteiger partial charge in [-0.25, -0.2) is 0 Å². The van der Waals surface area contributed by atoms with Gasteiger partial charge in [-0.3, -0.25) is 4.79 Å². The predicted molar refractivity (Wildman–Crippen MR) is 120 cm³/mol. The number of phenols is 4. The average Bonchev–Trinajstić information content (AvgIpc) is 2.72. The molecule has 0 fully saturated rings. The number of fused-ring (bicyclic) bond motifs is 2. The summed E-state index contributed by atoms with van der Waals surface area (Å²) in [7, 11) is 0. The molecule has 0 unspecified atom stereocenters. The van der Waals surface area contributed by atoms with Gasteiger partial charge in [0.2, 0.25) is 11.2 Å². The third kappa shape index (κ3) is 3.15. The van der Waals surface area contributed by atoms with Crippen LogP contribution in [0.25, 0.3) is 32.9 Å². The van der Waals surface area contributed by atoms with Crippen molar-refractivity contribution in [1.29, 1.82) is 0 Å².